The number of hydrogen-bond donors (Lipinski definition) is 2. The highest BCUT2D eigenvalue weighted by molar-refractivity contribution is 6.02. The molecule has 0 fully saturated rings. The minimum absolute atomic E-state index is 0.723. The molecular weight excluding hydrogens is 685 g/mol. The van der Waals surface area contributed by atoms with Crippen LogP contribution in [-0.4, -0.2) is 19.1 Å². The fourth-order valence-electron chi connectivity index (χ4n) is 7.68. The molecular formula is C50H44N6. The second-order valence-corrected chi connectivity index (χ2v) is 13.8. The van der Waals surface area contributed by atoms with Crippen LogP contribution in [0.4, 0.5) is 11.4 Å². The van der Waals surface area contributed by atoms with Crippen molar-refractivity contribution in [2.24, 2.45) is 0 Å². The number of hydrogen-bond acceptors (Lipinski definition) is 4. The highest BCUT2D eigenvalue weighted by Crippen LogP contribution is 2.39. The molecule has 0 saturated carbocycles. The molecule has 274 valence electrons. The lowest BCUT2D eigenvalue weighted by atomic mass is 10.0. The molecule has 8 rings (SSSR count). The number of nitrogens with two attached hydrogens (primary N) is 2. The monoisotopic (exact) mass is 728 g/mol. The average Bonchev–Trinajstić information content (AvgIpc) is 3.68. The van der Waals surface area contributed by atoms with E-state index in [2.05, 4.69) is 128 Å². The van der Waals surface area contributed by atoms with Crippen LogP contribution >= 0.6 is 0 Å². The van der Waals surface area contributed by atoms with Crippen molar-refractivity contribution >= 4 is 50.9 Å². The molecule has 0 aliphatic rings. The number of benzene rings is 4. The molecule has 0 aliphatic heterocycles. The molecule has 0 spiro atoms. The summed E-state index contributed by atoms with van der Waals surface area (Å²) in [6, 6.07) is 36.2. The lowest BCUT2D eigenvalue weighted by molar-refractivity contribution is 1.07. The van der Waals surface area contributed by atoms with E-state index >= 15 is 0 Å². The van der Waals surface area contributed by atoms with Gasteiger partial charge in [0, 0.05) is 69.2 Å². The number of anilines is 2. The van der Waals surface area contributed by atoms with E-state index in [1.807, 2.05) is 88.9 Å². The largest absolute Gasteiger partial charge is 0.396 e. The van der Waals surface area contributed by atoms with Gasteiger partial charge in [-0.05, 0) is 117 Å². The van der Waals surface area contributed by atoms with Gasteiger partial charge in [0.15, 0.2) is 0 Å². The fraction of sp³-hybridized carbons (Fsp3) is 0.0800. The third-order valence-corrected chi connectivity index (χ3v) is 10.3. The Kier molecular flexibility index (Phi) is 9.78. The van der Waals surface area contributed by atoms with Crippen molar-refractivity contribution in [3.63, 3.8) is 0 Å². The van der Waals surface area contributed by atoms with E-state index < -0.39 is 0 Å². The number of rotatable bonds is 9. The first-order chi connectivity index (χ1) is 27.4. The quantitative estimate of drug-likeness (QED) is 0.145. The highest BCUT2D eigenvalue weighted by atomic mass is 15.0. The van der Waals surface area contributed by atoms with Crippen molar-refractivity contribution < 1.29 is 0 Å². The molecule has 0 saturated heterocycles. The van der Waals surface area contributed by atoms with Gasteiger partial charge in [-0.1, -0.05) is 78.9 Å². The van der Waals surface area contributed by atoms with Crippen molar-refractivity contribution in [2.45, 2.75) is 27.7 Å². The van der Waals surface area contributed by atoms with Gasteiger partial charge in [0.25, 0.3) is 0 Å². The highest BCUT2D eigenvalue weighted by Gasteiger charge is 2.19. The van der Waals surface area contributed by atoms with Crippen molar-refractivity contribution in [3.05, 3.63) is 175 Å². The van der Waals surface area contributed by atoms with Crippen LogP contribution in [-0.2, 0) is 0 Å². The summed E-state index contributed by atoms with van der Waals surface area (Å²) in [5.41, 5.74) is 29.9. The van der Waals surface area contributed by atoms with E-state index in [1.54, 1.807) is 0 Å². The van der Waals surface area contributed by atoms with E-state index in [4.69, 9.17) is 11.5 Å². The van der Waals surface area contributed by atoms with Gasteiger partial charge in [0.2, 0.25) is 0 Å². The summed E-state index contributed by atoms with van der Waals surface area (Å²) in [4.78, 5) is 9.18. The normalized spacial score (nSPS) is 12.3. The van der Waals surface area contributed by atoms with Crippen LogP contribution in [0.15, 0.2) is 158 Å². The average molecular weight is 729 g/mol. The van der Waals surface area contributed by atoms with Crippen LogP contribution in [0, 0.1) is 0 Å². The smallest absolute Gasteiger partial charge is 0.0695 e. The Morgan fingerprint density at radius 2 is 1.04 bits per heavy atom. The first kappa shape index (κ1) is 35.8. The maximum atomic E-state index is 7.00. The molecule has 0 atom stereocenters. The molecule has 4 heterocycles. The maximum Gasteiger partial charge on any atom is 0.0695 e. The molecule has 0 bridgehead atoms. The van der Waals surface area contributed by atoms with Gasteiger partial charge in [0.1, 0.15) is 0 Å². The summed E-state index contributed by atoms with van der Waals surface area (Å²) in [7, 11) is 0. The standard InChI is InChI=1S/C50H44N6/c1-5-13-33(8-4)37-24-39(31-53-29-37)35-20-22-45-43(26-35)49(51)47(14-6-2)55(45)41-18-12-19-42(28-41)56-46-23-21-36(27-44(46)50(52)48(56)15-7-3)40-25-38(30-54-32-40)34-16-10-9-11-17-34/h5-32H,51-52H2,1-4H3/b13-5-,14-6-,15-7-,33-8+. The topological polar surface area (TPSA) is 87.7 Å². The minimum atomic E-state index is 0.723. The van der Waals surface area contributed by atoms with E-state index in [9.17, 15) is 0 Å². The summed E-state index contributed by atoms with van der Waals surface area (Å²) in [6.45, 7) is 8.11. The SMILES string of the molecule is C/C=C\C(=C/C)c1cncc(-c2ccc3c(c2)c(N)c(/C=C\C)n3-c2cccc(-n3c(/C=C\C)c(N)c4cc(-c5cncc(-c6ccccc6)c5)ccc43)c2)c1. The van der Waals surface area contributed by atoms with Crippen LogP contribution in [0.1, 0.15) is 44.6 Å². The molecule has 4 aromatic heterocycles. The summed E-state index contributed by atoms with van der Waals surface area (Å²) in [5.74, 6) is 0. The fourth-order valence-corrected chi connectivity index (χ4v) is 7.68. The Balaban J connectivity index is 1.24. The minimum Gasteiger partial charge on any atom is -0.396 e. The molecule has 8 aromatic rings. The Labute approximate surface area is 328 Å². The predicted octanol–water partition coefficient (Wildman–Crippen LogP) is 12.6. The van der Waals surface area contributed by atoms with Crippen LogP contribution in [0.3, 0.4) is 0 Å². The zero-order valence-corrected chi connectivity index (χ0v) is 32.1. The zero-order chi connectivity index (χ0) is 38.8. The van der Waals surface area contributed by atoms with Gasteiger partial charge in [-0.3, -0.25) is 9.97 Å². The molecule has 4 N–H and O–H groups in total. The van der Waals surface area contributed by atoms with Gasteiger partial charge in [-0.25, -0.2) is 0 Å². The van der Waals surface area contributed by atoms with Crippen molar-refractivity contribution in [3.8, 4) is 44.8 Å². The van der Waals surface area contributed by atoms with Crippen molar-refractivity contribution in [2.75, 3.05) is 11.5 Å². The molecule has 6 nitrogen and oxygen atoms in total. The molecule has 0 radical (unpaired) electrons. The molecule has 56 heavy (non-hydrogen) atoms. The zero-order valence-electron chi connectivity index (χ0n) is 32.1. The second kappa shape index (κ2) is 15.3. The number of pyridine rings is 2. The Hall–Kier alpha value is -7.18. The summed E-state index contributed by atoms with van der Waals surface area (Å²) >= 11 is 0. The second-order valence-electron chi connectivity index (χ2n) is 13.8. The molecule has 0 unspecified atom stereocenters. The predicted molar refractivity (Wildman–Crippen MR) is 239 cm³/mol. The van der Waals surface area contributed by atoms with Gasteiger partial charge >= 0.3 is 0 Å². The number of nitrogen functional groups attached to an aromatic ring is 2. The third kappa shape index (κ3) is 6.41. The Morgan fingerprint density at radius 1 is 0.500 bits per heavy atom. The summed E-state index contributed by atoms with van der Waals surface area (Å²) < 4.78 is 4.48. The summed E-state index contributed by atoms with van der Waals surface area (Å²) in [5, 5.41) is 1.96. The van der Waals surface area contributed by atoms with Gasteiger partial charge in [-0.2, -0.15) is 0 Å². The lowest BCUT2D eigenvalue weighted by Crippen LogP contribution is -2.02. The molecule has 6 heteroatoms. The first-order valence-corrected chi connectivity index (χ1v) is 18.9. The molecule has 4 aromatic carbocycles. The number of allylic oxidation sites excluding steroid dienone is 6. The van der Waals surface area contributed by atoms with Crippen molar-refractivity contribution in [1.29, 1.82) is 0 Å². The van der Waals surface area contributed by atoms with Gasteiger partial charge < -0.3 is 20.6 Å². The van der Waals surface area contributed by atoms with Crippen LogP contribution < -0.4 is 11.5 Å². The Morgan fingerprint density at radius 3 is 1.57 bits per heavy atom. The third-order valence-electron chi connectivity index (χ3n) is 10.3. The van der Waals surface area contributed by atoms with Gasteiger partial charge in [-0.15, -0.1) is 0 Å². The first-order valence-electron chi connectivity index (χ1n) is 18.9. The van der Waals surface area contributed by atoms with Crippen LogP contribution in [0.5, 0.6) is 0 Å². The Bertz CT molecular complexity index is 2860. The van der Waals surface area contributed by atoms with E-state index in [0.717, 1.165) is 100 Å². The van der Waals surface area contributed by atoms with Crippen LogP contribution in [0.2, 0.25) is 0 Å². The number of nitrogens with zero attached hydrogens (tertiary/aromatic N) is 4. The molecule has 0 amide bonds. The maximum absolute atomic E-state index is 7.00. The number of aromatic nitrogens is 4. The van der Waals surface area contributed by atoms with E-state index in [0.29, 0.717) is 0 Å². The van der Waals surface area contributed by atoms with Crippen molar-refractivity contribution in [1.82, 2.24) is 19.1 Å². The lowest BCUT2D eigenvalue weighted by Gasteiger charge is -2.14. The van der Waals surface area contributed by atoms with E-state index in [1.165, 1.54) is 0 Å². The number of fused-ring (bicyclic) bond motifs is 2. The summed E-state index contributed by atoms with van der Waals surface area (Å²) in [6.07, 6.45) is 22.1. The molecule has 0 aliphatic carbocycles. The van der Waals surface area contributed by atoms with E-state index in [-0.39, 0.29) is 0 Å². The van der Waals surface area contributed by atoms with Crippen LogP contribution in [0.25, 0.3) is 84.3 Å². The van der Waals surface area contributed by atoms with Gasteiger partial charge in [0.05, 0.1) is 33.8 Å².